The van der Waals surface area contributed by atoms with Gasteiger partial charge in [-0.3, -0.25) is 9.59 Å². The normalized spacial score (nSPS) is 17.1. The van der Waals surface area contributed by atoms with Gasteiger partial charge in [0.1, 0.15) is 0 Å². The Kier molecular flexibility index (Phi) is 7.34. The zero-order chi connectivity index (χ0) is 18.4. The first-order valence-corrected chi connectivity index (χ1v) is 9.58. The van der Waals surface area contributed by atoms with Crippen molar-refractivity contribution in [3.05, 3.63) is 21.3 Å². The van der Waals surface area contributed by atoms with Crippen molar-refractivity contribution in [1.82, 2.24) is 10.2 Å². The third-order valence-corrected chi connectivity index (χ3v) is 5.15. The van der Waals surface area contributed by atoms with Gasteiger partial charge in [0.05, 0.1) is 19.8 Å². The predicted molar refractivity (Wildman–Crippen MR) is 104 cm³/mol. The molecule has 0 aromatic heterocycles. The fourth-order valence-electron chi connectivity index (χ4n) is 2.99. The molecule has 2 amide bonds. The lowest BCUT2D eigenvalue weighted by atomic mass is 10.0. The molecule has 1 aliphatic rings. The quantitative estimate of drug-likeness (QED) is 0.664. The largest absolute Gasteiger partial charge is 0.493 e. The topological polar surface area (TPSA) is 67.9 Å². The Balaban J connectivity index is 2.13. The monoisotopic (exact) mass is 460 g/mol. The van der Waals surface area contributed by atoms with Gasteiger partial charge in [-0.15, -0.1) is 0 Å². The Morgan fingerprint density at radius 2 is 1.96 bits per heavy atom. The lowest BCUT2D eigenvalue weighted by Crippen LogP contribution is -2.49. The van der Waals surface area contributed by atoms with E-state index >= 15 is 0 Å². The first-order valence-electron chi connectivity index (χ1n) is 8.50. The molecule has 1 aromatic carbocycles. The minimum atomic E-state index is -0.0419. The molecular weight excluding hydrogens is 435 g/mol. The molecule has 2 rings (SSSR count). The Labute approximate surface area is 162 Å². The molecule has 6 nitrogen and oxygen atoms in total. The van der Waals surface area contributed by atoms with E-state index in [2.05, 4.69) is 27.9 Å². The summed E-state index contributed by atoms with van der Waals surface area (Å²) in [4.78, 5) is 26.6. The van der Waals surface area contributed by atoms with Crippen LogP contribution in [0.1, 0.15) is 43.0 Å². The number of hydrogen-bond acceptors (Lipinski definition) is 4. The summed E-state index contributed by atoms with van der Waals surface area (Å²) in [5.41, 5.74) is 0.596. The van der Waals surface area contributed by atoms with Gasteiger partial charge in [0, 0.05) is 29.1 Å². The molecule has 1 unspecified atom stereocenters. The van der Waals surface area contributed by atoms with Gasteiger partial charge >= 0.3 is 0 Å². The number of methoxy groups -OCH3 is 2. The summed E-state index contributed by atoms with van der Waals surface area (Å²) in [6, 6.07) is 3.55. The van der Waals surface area contributed by atoms with E-state index in [0.717, 1.165) is 22.8 Å². The van der Waals surface area contributed by atoms with Crippen LogP contribution in [0.25, 0.3) is 0 Å². The number of benzene rings is 1. The van der Waals surface area contributed by atoms with Crippen LogP contribution in [0.3, 0.4) is 0 Å². The number of nitrogens with zero attached hydrogens (tertiary/aromatic N) is 1. The standard InChI is InChI=1S/C18H25IN2O4/c1-4-6-17(22)20-12-7-5-8-21(11-12)18(23)13-9-15(24-2)16(25-3)10-14(13)19/h9-10,12H,4-8,11H2,1-3H3,(H,20,22). The highest BCUT2D eigenvalue weighted by Crippen LogP contribution is 2.32. The van der Waals surface area contributed by atoms with Crippen molar-refractivity contribution in [2.24, 2.45) is 0 Å². The second kappa shape index (κ2) is 9.26. The van der Waals surface area contributed by atoms with Gasteiger partial charge in [-0.05, 0) is 54.0 Å². The van der Waals surface area contributed by atoms with Gasteiger partial charge in [0.15, 0.2) is 11.5 Å². The van der Waals surface area contributed by atoms with Gasteiger partial charge < -0.3 is 19.7 Å². The number of amides is 2. The van der Waals surface area contributed by atoms with Crippen molar-refractivity contribution in [2.45, 2.75) is 38.6 Å². The van der Waals surface area contributed by atoms with Gasteiger partial charge in [-0.2, -0.15) is 0 Å². The van der Waals surface area contributed by atoms with Crippen molar-refractivity contribution in [3.63, 3.8) is 0 Å². The highest BCUT2D eigenvalue weighted by Gasteiger charge is 2.27. The highest BCUT2D eigenvalue weighted by atomic mass is 127. The van der Waals surface area contributed by atoms with E-state index in [4.69, 9.17) is 9.47 Å². The summed E-state index contributed by atoms with van der Waals surface area (Å²) >= 11 is 2.14. The van der Waals surface area contributed by atoms with Crippen LogP contribution < -0.4 is 14.8 Å². The summed E-state index contributed by atoms with van der Waals surface area (Å²) < 4.78 is 11.4. The van der Waals surface area contributed by atoms with Gasteiger partial charge in [0.2, 0.25) is 5.91 Å². The summed E-state index contributed by atoms with van der Waals surface area (Å²) in [6.45, 7) is 3.22. The molecule has 1 N–H and O–H groups in total. The van der Waals surface area contributed by atoms with Crippen LogP contribution in [0.4, 0.5) is 0 Å². The Bertz CT molecular complexity index is 636. The summed E-state index contributed by atoms with van der Waals surface area (Å²) in [6.07, 6.45) is 3.14. The molecule has 1 aliphatic heterocycles. The molecule has 0 radical (unpaired) electrons. The fourth-order valence-corrected chi connectivity index (χ4v) is 3.66. The molecule has 138 valence electrons. The second-order valence-electron chi connectivity index (χ2n) is 6.09. The molecule has 1 aromatic rings. The molecule has 0 spiro atoms. The third kappa shape index (κ3) is 4.99. The van der Waals surface area contributed by atoms with Gasteiger partial charge in [-0.1, -0.05) is 6.92 Å². The minimum Gasteiger partial charge on any atom is -0.493 e. The third-order valence-electron chi connectivity index (χ3n) is 4.25. The maximum absolute atomic E-state index is 13.0. The first kappa shape index (κ1) is 19.8. The second-order valence-corrected chi connectivity index (χ2v) is 7.26. The van der Waals surface area contributed by atoms with Crippen LogP contribution in [0.15, 0.2) is 12.1 Å². The Morgan fingerprint density at radius 3 is 2.60 bits per heavy atom. The van der Waals surface area contributed by atoms with Crippen molar-refractivity contribution >= 4 is 34.4 Å². The number of carbonyl (C=O) groups excluding carboxylic acids is 2. The van der Waals surface area contributed by atoms with Crippen LogP contribution in [-0.2, 0) is 4.79 Å². The number of halogens is 1. The van der Waals surface area contributed by atoms with E-state index in [1.54, 1.807) is 26.4 Å². The molecule has 0 saturated carbocycles. The minimum absolute atomic E-state index is 0.0227. The summed E-state index contributed by atoms with van der Waals surface area (Å²) in [5.74, 6) is 1.16. The van der Waals surface area contributed by atoms with Crippen molar-refractivity contribution in [3.8, 4) is 11.5 Å². The highest BCUT2D eigenvalue weighted by molar-refractivity contribution is 14.1. The molecule has 1 heterocycles. The lowest BCUT2D eigenvalue weighted by Gasteiger charge is -2.33. The number of likely N-dealkylation sites (tertiary alicyclic amines) is 1. The van der Waals surface area contributed by atoms with E-state index in [1.165, 1.54) is 0 Å². The number of rotatable bonds is 6. The van der Waals surface area contributed by atoms with Crippen molar-refractivity contribution in [1.29, 1.82) is 0 Å². The summed E-state index contributed by atoms with van der Waals surface area (Å²) in [5, 5.41) is 3.03. The zero-order valence-corrected chi connectivity index (χ0v) is 17.1. The number of piperidine rings is 1. The average Bonchev–Trinajstić information content (AvgIpc) is 2.61. The maximum atomic E-state index is 13.0. The van der Waals surface area contributed by atoms with E-state index < -0.39 is 0 Å². The molecule has 0 aliphatic carbocycles. The van der Waals surface area contributed by atoms with E-state index in [-0.39, 0.29) is 17.9 Å². The van der Waals surface area contributed by atoms with Gasteiger partial charge in [0.25, 0.3) is 5.91 Å². The molecule has 1 saturated heterocycles. The van der Waals surface area contributed by atoms with Crippen LogP contribution in [0.5, 0.6) is 11.5 Å². The Morgan fingerprint density at radius 1 is 1.28 bits per heavy atom. The summed E-state index contributed by atoms with van der Waals surface area (Å²) in [7, 11) is 3.13. The van der Waals surface area contributed by atoms with Crippen LogP contribution in [0.2, 0.25) is 0 Å². The van der Waals surface area contributed by atoms with E-state index in [9.17, 15) is 9.59 Å². The number of carbonyl (C=O) groups is 2. The van der Waals surface area contributed by atoms with Crippen molar-refractivity contribution in [2.75, 3.05) is 27.3 Å². The van der Waals surface area contributed by atoms with Crippen LogP contribution >= 0.6 is 22.6 Å². The fraction of sp³-hybridized carbons (Fsp3) is 0.556. The molecule has 1 atom stereocenters. The smallest absolute Gasteiger partial charge is 0.255 e. The van der Waals surface area contributed by atoms with Crippen molar-refractivity contribution < 1.29 is 19.1 Å². The predicted octanol–water partition coefficient (Wildman–Crippen LogP) is 2.83. The first-order chi connectivity index (χ1) is 12.0. The van der Waals surface area contributed by atoms with Crippen LogP contribution in [-0.4, -0.2) is 50.1 Å². The molecule has 0 bridgehead atoms. The number of nitrogens with one attached hydrogen (secondary N) is 1. The molecular formula is C18H25IN2O4. The number of ether oxygens (including phenoxy) is 2. The zero-order valence-electron chi connectivity index (χ0n) is 14.9. The van der Waals surface area contributed by atoms with Gasteiger partial charge in [-0.25, -0.2) is 0 Å². The molecule has 7 heteroatoms. The van der Waals surface area contributed by atoms with E-state index in [0.29, 0.717) is 36.6 Å². The maximum Gasteiger partial charge on any atom is 0.255 e. The number of hydrogen-bond donors (Lipinski definition) is 1. The SMILES string of the molecule is CCCC(=O)NC1CCCN(C(=O)c2cc(OC)c(OC)cc2I)C1. The molecule has 25 heavy (non-hydrogen) atoms. The Hall–Kier alpha value is -1.51. The lowest BCUT2D eigenvalue weighted by molar-refractivity contribution is -0.122. The average molecular weight is 460 g/mol. The molecule has 1 fully saturated rings. The van der Waals surface area contributed by atoms with Crippen LogP contribution in [0, 0.1) is 3.57 Å². The van der Waals surface area contributed by atoms with E-state index in [1.807, 2.05) is 11.8 Å².